The molecule has 0 spiro atoms. The van der Waals surface area contributed by atoms with Gasteiger partial charge in [-0.05, 0) is 18.8 Å². The highest BCUT2D eigenvalue weighted by Crippen LogP contribution is 2.27. The van der Waals surface area contributed by atoms with Crippen LogP contribution in [0.15, 0.2) is 0 Å². The maximum absolute atomic E-state index is 12.1. The van der Waals surface area contributed by atoms with Gasteiger partial charge >= 0.3 is 0 Å². The largest absolute Gasteiger partial charge is 0.395 e. The van der Waals surface area contributed by atoms with Crippen LogP contribution in [0, 0.1) is 5.92 Å². The van der Waals surface area contributed by atoms with E-state index >= 15 is 0 Å². The zero-order valence-electron chi connectivity index (χ0n) is 9.60. The van der Waals surface area contributed by atoms with Gasteiger partial charge < -0.3 is 5.11 Å². The minimum Gasteiger partial charge on any atom is -0.395 e. The lowest BCUT2D eigenvalue weighted by atomic mass is 9.93. The van der Waals surface area contributed by atoms with Crippen molar-refractivity contribution in [1.29, 1.82) is 0 Å². The third-order valence-electron chi connectivity index (χ3n) is 2.92. The first-order chi connectivity index (χ1) is 7.51. The summed E-state index contributed by atoms with van der Waals surface area (Å²) in [6, 6.07) is 0.0969. The predicted molar refractivity (Wildman–Crippen MR) is 65.1 cm³/mol. The van der Waals surface area contributed by atoms with Gasteiger partial charge in [-0.15, -0.1) is 11.6 Å². The lowest BCUT2D eigenvalue weighted by Gasteiger charge is -2.36. The predicted octanol–water partition coefficient (Wildman–Crippen LogP) is 1.04. The molecule has 1 rings (SSSR count). The maximum Gasteiger partial charge on any atom is 0.214 e. The average molecular weight is 270 g/mol. The Morgan fingerprint density at radius 1 is 1.50 bits per heavy atom. The zero-order chi connectivity index (χ0) is 12.2. The minimum atomic E-state index is -3.27. The SMILES string of the molecule is CC(CCl)CS(=O)(=O)N(CCO)C1CCC1. The molecule has 4 nitrogen and oxygen atoms in total. The smallest absolute Gasteiger partial charge is 0.214 e. The van der Waals surface area contributed by atoms with E-state index in [0.29, 0.717) is 5.88 Å². The molecule has 1 N–H and O–H groups in total. The molecule has 1 aliphatic carbocycles. The molecule has 0 aliphatic heterocycles. The van der Waals surface area contributed by atoms with Crippen LogP contribution in [-0.4, -0.2) is 48.7 Å². The van der Waals surface area contributed by atoms with Crippen LogP contribution in [0.25, 0.3) is 0 Å². The highest BCUT2D eigenvalue weighted by atomic mass is 35.5. The van der Waals surface area contributed by atoms with E-state index in [1.54, 1.807) is 0 Å². The fraction of sp³-hybridized carbons (Fsp3) is 1.00. The second-order valence-corrected chi connectivity index (χ2v) is 6.73. The van der Waals surface area contributed by atoms with Crippen molar-refractivity contribution in [2.75, 3.05) is 24.8 Å². The van der Waals surface area contributed by atoms with Crippen LogP contribution >= 0.6 is 11.6 Å². The third-order valence-corrected chi connectivity index (χ3v) is 5.63. The van der Waals surface area contributed by atoms with Gasteiger partial charge in [0.2, 0.25) is 10.0 Å². The van der Waals surface area contributed by atoms with Gasteiger partial charge in [-0.25, -0.2) is 8.42 Å². The van der Waals surface area contributed by atoms with Crippen molar-refractivity contribution in [2.45, 2.75) is 32.2 Å². The quantitative estimate of drug-likeness (QED) is 0.703. The third kappa shape index (κ3) is 3.58. The van der Waals surface area contributed by atoms with Gasteiger partial charge in [0.25, 0.3) is 0 Å². The molecule has 1 aliphatic rings. The molecule has 0 aromatic rings. The van der Waals surface area contributed by atoms with Crippen molar-refractivity contribution in [3.8, 4) is 0 Å². The number of nitrogens with zero attached hydrogens (tertiary/aromatic N) is 1. The van der Waals surface area contributed by atoms with E-state index in [1.165, 1.54) is 4.31 Å². The van der Waals surface area contributed by atoms with E-state index in [9.17, 15) is 8.42 Å². The van der Waals surface area contributed by atoms with Gasteiger partial charge in [-0.2, -0.15) is 4.31 Å². The number of halogens is 1. The Kier molecular flexibility index (Phi) is 5.50. The van der Waals surface area contributed by atoms with Gasteiger partial charge in [0.15, 0.2) is 0 Å². The van der Waals surface area contributed by atoms with E-state index in [1.807, 2.05) is 6.92 Å². The first-order valence-electron chi connectivity index (χ1n) is 5.67. The summed E-state index contributed by atoms with van der Waals surface area (Å²) in [5, 5.41) is 8.93. The van der Waals surface area contributed by atoms with Crippen molar-refractivity contribution in [3.05, 3.63) is 0 Å². The first-order valence-corrected chi connectivity index (χ1v) is 7.82. The lowest BCUT2D eigenvalue weighted by molar-refractivity contribution is 0.177. The molecule has 1 atom stereocenters. The molecule has 6 heteroatoms. The molecule has 0 heterocycles. The number of aliphatic hydroxyl groups excluding tert-OH is 1. The van der Waals surface area contributed by atoms with Gasteiger partial charge in [0, 0.05) is 18.5 Å². The second kappa shape index (κ2) is 6.19. The molecule has 0 aromatic carbocycles. The molecule has 1 unspecified atom stereocenters. The zero-order valence-corrected chi connectivity index (χ0v) is 11.2. The highest BCUT2D eigenvalue weighted by Gasteiger charge is 2.33. The standard InChI is InChI=1S/C10H20ClNO3S/c1-9(7-11)8-16(14,15)12(5-6-13)10-3-2-4-10/h9-10,13H,2-8H2,1H3. The highest BCUT2D eigenvalue weighted by molar-refractivity contribution is 7.89. The maximum atomic E-state index is 12.1. The number of hydrogen-bond acceptors (Lipinski definition) is 3. The Hall–Kier alpha value is 0.160. The van der Waals surface area contributed by atoms with Crippen LogP contribution in [0.2, 0.25) is 0 Å². The molecule has 0 amide bonds. The molecular weight excluding hydrogens is 250 g/mol. The fourth-order valence-electron chi connectivity index (χ4n) is 1.82. The summed E-state index contributed by atoms with van der Waals surface area (Å²) >= 11 is 5.63. The van der Waals surface area contributed by atoms with Gasteiger partial charge in [0.05, 0.1) is 12.4 Å². The van der Waals surface area contributed by atoms with Crippen molar-refractivity contribution in [1.82, 2.24) is 4.31 Å². The molecule has 1 saturated carbocycles. The molecule has 0 saturated heterocycles. The van der Waals surface area contributed by atoms with Crippen LogP contribution < -0.4 is 0 Å². The Morgan fingerprint density at radius 3 is 2.50 bits per heavy atom. The fourth-order valence-corrected chi connectivity index (χ4v) is 4.11. The number of alkyl halides is 1. The summed E-state index contributed by atoms with van der Waals surface area (Å²) in [5.41, 5.74) is 0. The molecule has 16 heavy (non-hydrogen) atoms. The summed E-state index contributed by atoms with van der Waals surface area (Å²) in [7, 11) is -3.27. The average Bonchev–Trinajstić information content (AvgIpc) is 2.13. The van der Waals surface area contributed by atoms with Crippen molar-refractivity contribution in [2.24, 2.45) is 5.92 Å². The summed E-state index contributed by atoms with van der Waals surface area (Å²) < 4.78 is 25.6. The normalized spacial score (nSPS) is 19.8. The molecule has 0 radical (unpaired) electrons. The molecular formula is C10H20ClNO3S. The topological polar surface area (TPSA) is 57.6 Å². The van der Waals surface area contributed by atoms with E-state index in [-0.39, 0.29) is 30.9 Å². The van der Waals surface area contributed by atoms with Gasteiger partial charge in [0.1, 0.15) is 0 Å². The van der Waals surface area contributed by atoms with E-state index in [4.69, 9.17) is 16.7 Å². The Labute approximate surface area is 103 Å². The number of sulfonamides is 1. The van der Waals surface area contributed by atoms with Crippen LogP contribution in [0.1, 0.15) is 26.2 Å². The van der Waals surface area contributed by atoms with Crippen molar-refractivity contribution < 1.29 is 13.5 Å². The molecule has 96 valence electrons. The molecule has 0 bridgehead atoms. The summed E-state index contributed by atoms with van der Waals surface area (Å²) in [6.07, 6.45) is 2.90. The monoisotopic (exact) mass is 269 g/mol. The Morgan fingerprint density at radius 2 is 2.12 bits per heavy atom. The van der Waals surface area contributed by atoms with Gasteiger partial charge in [-0.1, -0.05) is 13.3 Å². The van der Waals surface area contributed by atoms with Crippen LogP contribution in [-0.2, 0) is 10.0 Å². The van der Waals surface area contributed by atoms with Crippen molar-refractivity contribution in [3.63, 3.8) is 0 Å². The summed E-state index contributed by atoms with van der Waals surface area (Å²) in [6.45, 7) is 1.91. The summed E-state index contributed by atoms with van der Waals surface area (Å²) in [5.74, 6) is 0.372. The first kappa shape index (κ1) is 14.2. The van der Waals surface area contributed by atoms with Crippen LogP contribution in [0.4, 0.5) is 0 Å². The summed E-state index contributed by atoms with van der Waals surface area (Å²) in [4.78, 5) is 0. The molecule has 0 aromatic heterocycles. The van der Waals surface area contributed by atoms with Crippen LogP contribution in [0.3, 0.4) is 0 Å². The lowest BCUT2D eigenvalue weighted by Crippen LogP contribution is -2.47. The molecule has 1 fully saturated rings. The minimum absolute atomic E-state index is 0.0482. The van der Waals surface area contributed by atoms with E-state index in [0.717, 1.165) is 19.3 Å². The van der Waals surface area contributed by atoms with E-state index < -0.39 is 10.0 Å². The Balaban J connectivity index is 2.67. The number of hydrogen-bond donors (Lipinski definition) is 1. The van der Waals surface area contributed by atoms with Gasteiger partial charge in [-0.3, -0.25) is 0 Å². The van der Waals surface area contributed by atoms with E-state index in [2.05, 4.69) is 0 Å². The number of aliphatic hydroxyl groups is 1. The Bertz CT molecular complexity index is 303. The van der Waals surface area contributed by atoms with Crippen LogP contribution in [0.5, 0.6) is 0 Å². The number of rotatable bonds is 7. The van der Waals surface area contributed by atoms with Crippen molar-refractivity contribution >= 4 is 21.6 Å². The second-order valence-electron chi connectivity index (χ2n) is 4.46.